The van der Waals surface area contributed by atoms with Crippen LogP contribution in [0.3, 0.4) is 0 Å². The molecular formula is C35H38FNO8. The van der Waals surface area contributed by atoms with Crippen LogP contribution >= 0.6 is 0 Å². The van der Waals surface area contributed by atoms with Gasteiger partial charge >= 0.3 is 17.9 Å². The molecule has 0 radical (unpaired) electrons. The lowest BCUT2D eigenvalue weighted by molar-refractivity contribution is -0.155. The zero-order valence-corrected chi connectivity index (χ0v) is 25.1. The van der Waals surface area contributed by atoms with Crippen molar-refractivity contribution >= 4 is 29.5 Å². The third-order valence-corrected chi connectivity index (χ3v) is 8.22. The number of rotatable bonds is 16. The SMILES string of the molecule is CC(=O)O[C@@H](CC[C@H]1C(=O)N(c2ccc(CCCO)cc2)[C@@H]1c1ccc(CCCC(C(=O)O)C(=O)O)cc1)c1ccc(F)cc1. The van der Waals surface area contributed by atoms with Gasteiger partial charge in [0.15, 0.2) is 5.92 Å². The van der Waals surface area contributed by atoms with E-state index >= 15 is 0 Å². The highest BCUT2D eigenvalue weighted by Gasteiger charge is 2.48. The van der Waals surface area contributed by atoms with Crippen molar-refractivity contribution in [2.45, 2.75) is 64.0 Å². The van der Waals surface area contributed by atoms with Crippen LogP contribution in [0.4, 0.5) is 10.1 Å². The number of esters is 1. The van der Waals surface area contributed by atoms with E-state index in [4.69, 9.17) is 20.1 Å². The van der Waals surface area contributed by atoms with Gasteiger partial charge in [0.25, 0.3) is 0 Å². The molecular weight excluding hydrogens is 581 g/mol. The molecule has 1 heterocycles. The highest BCUT2D eigenvalue weighted by molar-refractivity contribution is 6.03. The highest BCUT2D eigenvalue weighted by Crippen LogP contribution is 2.46. The van der Waals surface area contributed by atoms with Crippen molar-refractivity contribution in [2.24, 2.45) is 11.8 Å². The van der Waals surface area contributed by atoms with Crippen molar-refractivity contribution in [1.29, 1.82) is 0 Å². The molecule has 238 valence electrons. The number of benzene rings is 3. The molecule has 1 amide bonds. The van der Waals surface area contributed by atoms with Crippen LogP contribution in [-0.2, 0) is 36.8 Å². The first-order valence-corrected chi connectivity index (χ1v) is 15.1. The Morgan fingerprint density at radius 2 is 1.42 bits per heavy atom. The summed E-state index contributed by atoms with van der Waals surface area (Å²) in [5.74, 6) is -5.50. The number of carboxylic acids is 2. The molecule has 1 saturated heterocycles. The Bertz CT molecular complexity index is 1460. The van der Waals surface area contributed by atoms with Gasteiger partial charge in [-0.1, -0.05) is 48.5 Å². The molecule has 3 aromatic rings. The third kappa shape index (κ3) is 8.54. The molecule has 0 spiro atoms. The predicted octanol–water partition coefficient (Wildman–Crippen LogP) is 5.65. The average molecular weight is 620 g/mol. The molecule has 1 aliphatic heterocycles. The Labute approximate surface area is 261 Å². The van der Waals surface area contributed by atoms with Crippen LogP contribution in [0.1, 0.15) is 73.4 Å². The number of β-lactam (4-membered cyclic amide) rings is 1. The van der Waals surface area contributed by atoms with Gasteiger partial charge in [-0.3, -0.25) is 19.2 Å². The summed E-state index contributed by atoms with van der Waals surface area (Å²) in [6.45, 7) is 1.41. The standard InChI is InChI=1S/C35H38FNO8/c1-22(39)45-31(25-13-15-27(36)16-14-25)20-19-29-32(37(33(29)40)28-17-9-24(10-18-28)5-3-21-38)26-11-7-23(8-12-26)4-2-6-30(34(41)42)35(43)44/h7-18,29-32,38H,2-6,19-21H2,1H3,(H,41,42)(H,43,44)/t29-,31+,32-/m1/s1. The van der Waals surface area contributed by atoms with Crippen molar-refractivity contribution in [3.8, 4) is 0 Å². The molecule has 1 aliphatic rings. The summed E-state index contributed by atoms with van der Waals surface area (Å²) in [5.41, 5.74) is 4.24. The number of amides is 1. The van der Waals surface area contributed by atoms with Gasteiger partial charge in [0.05, 0.1) is 12.0 Å². The minimum atomic E-state index is -1.44. The number of carbonyl (C=O) groups is 4. The lowest BCUT2D eigenvalue weighted by Gasteiger charge is -2.48. The van der Waals surface area contributed by atoms with E-state index in [1.807, 2.05) is 48.5 Å². The van der Waals surface area contributed by atoms with E-state index in [1.54, 1.807) is 17.0 Å². The number of halogens is 1. The second kappa shape index (κ2) is 15.4. The Kier molecular flexibility index (Phi) is 11.4. The van der Waals surface area contributed by atoms with Gasteiger partial charge in [0.1, 0.15) is 11.9 Å². The lowest BCUT2D eigenvalue weighted by Crippen LogP contribution is -2.55. The number of ether oxygens (including phenoxy) is 1. The van der Waals surface area contributed by atoms with Gasteiger partial charge in [-0.05, 0) is 91.5 Å². The summed E-state index contributed by atoms with van der Waals surface area (Å²) in [4.78, 5) is 49.6. The Morgan fingerprint density at radius 1 is 0.844 bits per heavy atom. The van der Waals surface area contributed by atoms with E-state index in [9.17, 15) is 23.6 Å². The summed E-state index contributed by atoms with van der Waals surface area (Å²) in [6, 6.07) is 20.8. The fourth-order valence-electron chi connectivity index (χ4n) is 5.85. The number of anilines is 1. The number of hydrogen-bond acceptors (Lipinski definition) is 6. The molecule has 0 unspecified atom stereocenters. The highest BCUT2D eigenvalue weighted by atomic mass is 19.1. The number of aliphatic hydroxyl groups is 1. The number of carboxylic acid groups (broad SMARTS) is 2. The van der Waals surface area contributed by atoms with Crippen molar-refractivity contribution in [2.75, 3.05) is 11.5 Å². The molecule has 0 bridgehead atoms. The minimum absolute atomic E-state index is 0.0191. The molecule has 3 aromatic carbocycles. The molecule has 0 aromatic heterocycles. The zero-order chi connectivity index (χ0) is 32.5. The van der Waals surface area contributed by atoms with Crippen molar-refractivity contribution in [3.05, 3.63) is 101 Å². The van der Waals surface area contributed by atoms with Gasteiger partial charge in [-0.15, -0.1) is 0 Å². The fourth-order valence-corrected chi connectivity index (χ4v) is 5.85. The molecule has 4 rings (SSSR count). The smallest absolute Gasteiger partial charge is 0.317 e. The predicted molar refractivity (Wildman–Crippen MR) is 164 cm³/mol. The van der Waals surface area contributed by atoms with E-state index in [0.717, 1.165) is 28.8 Å². The van der Waals surface area contributed by atoms with Crippen molar-refractivity contribution in [1.82, 2.24) is 0 Å². The molecule has 1 fully saturated rings. The quantitative estimate of drug-likeness (QED) is 0.106. The molecule has 3 N–H and O–H groups in total. The van der Waals surface area contributed by atoms with E-state index in [0.29, 0.717) is 37.7 Å². The minimum Gasteiger partial charge on any atom is -0.481 e. The Morgan fingerprint density at radius 3 is 1.98 bits per heavy atom. The first-order chi connectivity index (χ1) is 21.6. The van der Waals surface area contributed by atoms with Crippen LogP contribution in [0.15, 0.2) is 72.8 Å². The maximum atomic E-state index is 13.6. The van der Waals surface area contributed by atoms with Crippen molar-refractivity contribution < 1.29 is 43.6 Å². The summed E-state index contributed by atoms with van der Waals surface area (Å²) in [6.07, 6.45) is 2.41. The van der Waals surface area contributed by atoms with Gasteiger partial charge in [0, 0.05) is 19.2 Å². The number of aliphatic hydroxyl groups excluding tert-OH is 1. The summed E-state index contributed by atoms with van der Waals surface area (Å²) in [7, 11) is 0. The first kappa shape index (κ1) is 33.3. The fraction of sp³-hybridized carbons (Fsp3) is 0.371. The molecule has 3 atom stereocenters. The van der Waals surface area contributed by atoms with Crippen LogP contribution in [0, 0.1) is 17.7 Å². The second-order valence-electron chi connectivity index (χ2n) is 11.3. The van der Waals surface area contributed by atoms with E-state index in [2.05, 4.69) is 0 Å². The second-order valence-corrected chi connectivity index (χ2v) is 11.3. The van der Waals surface area contributed by atoms with Crippen LogP contribution < -0.4 is 4.90 Å². The monoisotopic (exact) mass is 619 g/mol. The summed E-state index contributed by atoms with van der Waals surface area (Å²) in [5, 5.41) is 27.4. The van der Waals surface area contributed by atoms with Gasteiger partial charge in [-0.25, -0.2) is 4.39 Å². The lowest BCUT2D eigenvalue weighted by atomic mass is 9.78. The van der Waals surface area contributed by atoms with E-state index in [-0.39, 0.29) is 25.0 Å². The van der Waals surface area contributed by atoms with E-state index < -0.39 is 41.7 Å². The van der Waals surface area contributed by atoms with Crippen LogP contribution in [-0.4, -0.2) is 45.7 Å². The van der Waals surface area contributed by atoms with Crippen molar-refractivity contribution in [3.63, 3.8) is 0 Å². The number of hydrogen-bond donors (Lipinski definition) is 3. The maximum Gasteiger partial charge on any atom is 0.317 e. The number of nitrogens with zero attached hydrogens (tertiary/aromatic N) is 1. The number of aliphatic carboxylic acids is 2. The van der Waals surface area contributed by atoms with Gasteiger partial charge < -0.3 is 25.0 Å². The molecule has 0 saturated carbocycles. The summed E-state index contributed by atoms with van der Waals surface area (Å²) >= 11 is 0. The van der Waals surface area contributed by atoms with Gasteiger partial charge in [0.2, 0.25) is 5.91 Å². The normalized spacial score (nSPS) is 16.7. The van der Waals surface area contributed by atoms with Crippen LogP contribution in [0.2, 0.25) is 0 Å². The topological polar surface area (TPSA) is 141 Å². The van der Waals surface area contributed by atoms with Gasteiger partial charge in [-0.2, -0.15) is 0 Å². The summed E-state index contributed by atoms with van der Waals surface area (Å²) < 4.78 is 19.1. The number of aryl methyl sites for hydroxylation is 2. The van der Waals surface area contributed by atoms with Crippen LogP contribution in [0.25, 0.3) is 0 Å². The van der Waals surface area contributed by atoms with E-state index in [1.165, 1.54) is 19.1 Å². The largest absolute Gasteiger partial charge is 0.481 e. The first-order valence-electron chi connectivity index (χ1n) is 15.1. The zero-order valence-electron chi connectivity index (χ0n) is 25.1. The molecule has 10 heteroatoms. The Balaban J connectivity index is 1.53. The molecule has 45 heavy (non-hydrogen) atoms. The maximum absolute atomic E-state index is 13.6. The molecule has 0 aliphatic carbocycles. The Hall–Kier alpha value is -4.57. The third-order valence-electron chi connectivity index (χ3n) is 8.22. The van der Waals surface area contributed by atoms with Crippen LogP contribution in [0.5, 0.6) is 0 Å². The molecule has 9 nitrogen and oxygen atoms in total. The average Bonchev–Trinajstić information content (AvgIpc) is 3.01. The number of carbonyl (C=O) groups excluding carboxylic acids is 2.